The first-order valence-corrected chi connectivity index (χ1v) is 26.2. The van der Waals surface area contributed by atoms with Crippen LogP contribution in [-0.4, -0.2) is 165 Å². The largest absolute Gasteiger partial charge is 0.481 e. The number of guanidine groups is 2. The van der Waals surface area contributed by atoms with E-state index in [0.717, 1.165) is 10.9 Å². The average Bonchev–Trinajstić information content (AvgIpc) is 4.16. The molecule has 30 nitrogen and oxygen atoms in total. The number of nitrogens with zero attached hydrogens (tertiary/aromatic N) is 3. The Bertz CT molecular complexity index is 2870. The van der Waals surface area contributed by atoms with Crippen molar-refractivity contribution in [2.24, 2.45) is 44.6 Å². The summed E-state index contributed by atoms with van der Waals surface area (Å²) in [5.74, 6) is -10.3. The number of aliphatic carboxylic acids is 2. The molecule has 8 amide bonds. The smallest absolute Gasteiger partial charge is 0.326 e. The minimum atomic E-state index is -1.52. The van der Waals surface area contributed by atoms with E-state index >= 15 is 0 Å². The van der Waals surface area contributed by atoms with E-state index in [1.54, 1.807) is 62.5 Å². The molecule has 0 aliphatic rings. The predicted octanol–water partition coefficient (Wildman–Crippen LogP) is -3.90. The first-order valence-electron chi connectivity index (χ1n) is 26.2. The second-order valence-electron chi connectivity index (χ2n) is 19.4. The lowest BCUT2D eigenvalue weighted by atomic mass is 10.0. The van der Waals surface area contributed by atoms with Crippen LogP contribution in [0.3, 0.4) is 0 Å². The Hall–Kier alpha value is -9.61. The zero-order chi connectivity index (χ0) is 60.3. The number of rotatable bonds is 35. The maximum atomic E-state index is 14.4. The lowest BCUT2D eigenvalue weighted by Gasteiger charge is -2.26. The molecule has 444 valence electrons. The number of aromatic nitrogens is 3. The summed E-state index contributed by atoms with van der Waals surface area (Å²) in [6.45, 7) is 1.94. The van der Waals surface area contributed by atoms with Gasteiger partial charge in [-0.15, -0.1) is 0 Å². The van der Waals surface area contributed by atoms with Crippen molar-refractivity contribution in [2.45, 2.75) is 114 Å². The van der Waals surface area contributed by atoms with Gasteiger partial charge in [-0.25, -0.2) is 9.78 Å². The Morgan fingerprint density at radius 3 is 1.67 bits per heavy atom. The molecule has 82 heavy (non-hydrogen) atoms. The number of aromatic amines is 2. The Morgan fingerprint density at radius 2 is 1.10 bits per heavy atom. The quantitative estimate of drug-likeness (QED) is 0.0119. The number of carboxylic acid groups (broad SMARTS) is 2. The Morgan fingerprint density at radius 1 is 0.573 bits per heavy atom. The maximum Gasteiger partial charge on any atom is 0.326 e. The number of nitrogens with two attached hydrogens (primary N) is 5. The fourth-order valence-electron chi connectivity index (χ4n) is 8.12. The summed E-state index contributed by atoms with van der Waals surface area (Å²) in [7, 11) is 0. The van der Waals surface area contributed by atoms with E-state index in [-0.39, 0.29) is 75.9 Å². The summed E-state index contributed by atoms with van der Waals surface area (Å²) in [4.78, 5) is 151. The van der Waals surface area contributed by atoms with E-state index in [1.165, 1.54) is 12.5 Å². The van der Waals surface area contributed by atoms with Crippen LogP contribution in [0, 0.1) is 5.92 Å². The second-order valence-corrected chi connectivity index (χ2v) is 19.4. The predicted molar refractivity (Wildman–Crippen MR) is 299 cm³/mol. The summed E-state index contributed by atoms with van der Waals surface area (Å²) < 4.78 is 0. The first-order chi connectivity index (χ1) is 39.0. The van der Waals surface area contributed by atoms with Crippen molar-refractivity contribution in [3.8, 4) is 0 Å². The maximum absolute atomic E-state index is 14.4. The molecule has 2 aromatic heterocycles. The molecule has 30 heteroatoms. The topological polar surface area (TPSA) is 507 Å². The highest BCUT2D eigenvalue weighted by molar-refractivity contribution is 5.97. The molecule has 4 aromatic rings. The molecule has 0 saturated heterocycles. The molecule has 0 aliphatic carbocycles. The van der Waals surface area contributed by atoms with Crippen molar-refractivity contribution >= 4 is 82.0 Å². The van der Waals surface area contributed by atoms with Crippen LogP contribution < -0.4 is 71.2 Å². The Balaban J connectivity index is 1.47. The van der Waals surface area contributed by atoms with Crippen LogP contribution >= 0.6 is 0 Å². The summed E-state index contributed by atoms with van der Waals surface area (Å²) in [6, 6.07) is 6.27. The van der Waals surface area contributed by atoms with Gasteiger partial charge in [0.05, 0.1) is 25.5 Å². The van der Waals surface area contributed by atoms with Gasteiger partial charge >= 0.3 is 11.9 Å². The lowest BCUT2D eigenvalue weighted by Crippen LogP contribution is -2.58. The number of H-pyrrole nitrogens is 2. The number of carbonyl (C=O) groups is 10. The van der Waals surface area contributed by atoms with Gasteiger partial charge in [-0.1, -0.05) is 62.4 Å². The van der Waals surface area contributed by atoms with Crippen molar-refractivity contribution in [1.29, 1.82) is 0 Å². The van der Waals surface area contributed by atoms with Crippen molar-refractivity contribution in [3.63, 3.8) is 0 Å². The number of carbonyl (C=O) groups excluding carboxylic acids is 8. The number of nitrogens with one attached hydrogen (secondary N) is 10. The fraction of sp³-hybridized carbons (Fsp3) is 0.442. The van der Waals surface area contributed by atoms with Crippen LogP contribution in [0.15, 0.2) is 83.3 Å². The standard InChI is InChI=1S/C52H74N18O12/c1-28(2)43(53)49(80)69-38(22-31-24-58-27-64-31)48(79)67-36(16-17-42(73)74)44(75)63-25-40(71)62-26-41(72)65-34(14-8-18-59-51(54)55)45(76)68-37(20-29-10-4-3-5-11-29)47(78)66-35(15-9-19-60-52(56)57)46(77)70-39(50(81)82)21-30-23-61-33-13-7-6-12-32(30)33/h3-7,10-13,23-24,27-28,34-39,43,61H,8-9,14-22,25-26,53H2,1-2H3,(H,58,64)(H,62,71)(H,63,75)(H,65,72)(H,66,78)(H,67,79)(H,68,76)(H,69,80)(H,70,77)(H,73,74)(H,81,82)(H4,54,55,59)(H4,56,57,60)/t34-,35-,36-,37-,38-,39-,43-/m0/s1. The normalized spacial score (nSPS) is 13.5. The molecule has 0 bridgehead atoms. The number of fused-ring (bicyclic) bond motifs is 1. The van der Waals surface area contributed by atoms with E-state index in [4.69, 9.17) is 28.7 Å². The van der Waals surface area contributed by atoms with Crippen molar-refractivity contribution in [2.75, 3.05) is 26.2 Å². The lowest BCUT2D eigenvalue weighted by molar-refractivity contribution is -0.142. The third kappa shape index (κ3) is 22.6. The zero-order valence-electron chi connectivity index (χ0n) is 45.4. The molecule has 0 saturated carbocycles. The Labute approximate surface area is 471 Å². The molecule has 0 fully saturated rings. The van der Waals surface area contributed by atoms with Crippen LogP contribution in [-0.2, 0) is 67.2 Å². The molecule has 7 atom stereocenters. The number of imidazole rings is 1. The van der Waals surface area contributed by atoms with E-state index in [2.05, 4.69) is 67.5 Å². The van der Waals surface area contributed by atoms with E-state index in [9.17, 15) is 58.2 Å². The molecule has 22 N–H and O–H groups in total. The molecule has 0 unspecified atom stereocenters. The van der Waals surface area contributed by atoms with Gasteiger partial charge in [0, 0.05) is 67.8 Å². The number of amides is 8. The molecule has 0 radical (unpaired) electrons. The van der Waals surface area contributed by atoms with Crippen molar-refractivity contribution in [1.82, 2.24) is 57.5 Å². The number of benzene rings is 2. The van der Waals surface area contributed by atoms with Crippen molar-refractivity contribution in [3.05, 3.63) is 90.1 Å². The van der Waals surface area contributed by atoms with Gasteiger partial charge in [0.25, 0.3) is 0 Å². The van der Waals surface area contributed by atoms with Gasteiger partial charge in [-0.3, -0.25) is 53.1 Å². The minimum Gasteiger partial charge on any atom is -0.481 e. The Kier molecular flexibility index (Phi) is 26.2. The van der Waals surface area contributed by atoms with Gasteiger partial charge in [-0.2, -0.15) is 0 Å². The first kappa shape index (κ1) is 64.9. The van der Waals surface area contributed by atoms with E-state index in [0.29, 0.717) is 16.8 Å². The molecule has 2 aromatic carbocycles. The van der Waals surface area contributed by atoms with Gasteiger partial charge in [-0.05, 0) is 55.2 Å². The summed E-state index contributed by atoms with van der Waals surface area (Å²) in [5, 5.41) is 40.3. The number of carboxylic acids is 2. The third-order valence-electron chi connectivity index (χ3n) is 12.6. The summed E-state index contributed by atoms with van der Waals surface area (Å²) in [6.07, 6.45) is 3.11. The SMILES string of the molecule is CC(C)[C@H](N)C(=O)N[C@@H](Cc1cnc[nH]1)C(=O)N[C@@H](CCC(=O)O)C(=O)NCC(=O)NCC(=O)N[C@@H](CCCN=C(N)N)C(=O)N[C@@H](Cc1ccccc1)C(=O)N[C@@H](CCCN=C(N)N)C(=O)N[C@@H](Cc1c[nH]c2ccccc12)C(=O)O. The van der Waals surface area contributed by atoms with E-state index < -0.39 is 127 Å². The van der Waals surface area contributed by atoms with E-state index in [1.807, 2.05) is 12.1 Å². The van der Waals surface area contributed by atoms with Gasteiger partial charge in [0.2, 0.25) is 47.3 Å². The number of aliphatic imine (C=N–C) groups is 2. The highest BCUT2D eigenvalue weighted by atomic mass is 16.4. The monoisotopic (exact) mass is 1140 g/mol. The number of para-hydroxylation sites is 1. The van der Waals surface area contributed by atoms with Crippen molar-refractivity contribution < 1.29 is 58.2 Å². The highest BCUT2D eigenvalue weighted by Crippen LogP contribution is 2.20. The average molecular weight is 1140 g/mol. The molecular formula is C52H74N18O12. The molecule has 0 spiro atoms. The molecule has 0 aliphatic heterocycles. The van der Waals surface area contributed by atoms with Crippen LogP contribution in [0.2, 0.25) is 0 Å². The number of hydrogen-bond acceptors (Lipinski definition) is 14. The second kappa shape index (κ2) is 33.1. The van der Waals surface area contributed by atoms with Crippen LogP contribution in [0.5, 0.6) is 0 Å². The minimum absolute atomic E-state index is 0.0143. The fourth-order valence-corrected chi connectivity index (χ4v) is 8.12. The highest BCUT2D eigenvalue weighted by Gasteiger charge is 2.33. The van der Waals surface area contributed by atoms with Gasteiger partial charge < -0.3 is 91.4 Å². The summed E-state index contributed by atoms with van der Waals surface area (Å²) >= 11 is 0. The molecular weight excluding hydrogens is 1070 g/mol. The third-order valence-corrected chi connectivity index (χ3v) is 12.6. The van der Waals surface area contributed by atoms with Crippen LogP contribution in [0.1, 0.15) is 69.2 Å². The van der Waals surface area contributed by atoms with Gasteiger partial charge in [0.1, 0.15) is 36.3 Å². The summed E-state index contributed by atoms with van der Waals surface area (Å²) in [5.41, 5.74) is 30.4. The molecule has 2 heterocycles. The number of hydrogen-bond donors (Lipinski definition) is 17. The molecule has 4 rings (SSSR count). The van der Waals surface area contributed by atoms with Crippen LogP contribution in [0.25, 0.3) is 10.9 Å². The van der Waals surface area contributed by atoms with Crippen LogP contribution in [0.4, 0.5) is 0 Å². The van der Waals surface area contributed by atoms with Gasteiger partial charge in [0.15, 0.2) is 11.9 Å². The zero-order valence-corrected chi connectivity index (χ0v) is 45.4.